The van der Waals surface area contributed by atoms with Crippen molar-refractivity contribution in [3.05, 3.63) is 47.3 Å². The topological polar surface area (TPSA) is 58.4 Å². The van der Waals surface area contributed by atoms with E-state index < -0.39 is 0 Å². The standard InChI is InChI=1S/C18H23N3O2/c1-18(2,3)16-14(10-20(4)19-16)17(23)21-9-12(11-22)13-7-5-6-8-15(13)21/h5-8,10,12,22H,9,11H2,1-4H3. The summed E-state index contributed by atoms with van der Waals surface area (Å²) in [4.78, 5) is 14.9. The van der Waals surface area contributed by atoms with E-state index in [4.69, 9.17) is 0 Å². The summed E-state index contributed by atoms with van der Waals surface area (Å²) in [6.45, 7) is 6.72. The summed E-state index contributed by atoms with van der Waals surface area (Å²) in [5.74, 6) is -0.0728. The third kappa shape index (κ3) is 2.65. The fourth-order valence-corrected chi connectivity index (χ4v) is 3.19. The first-order chi connectivity index (χ1) is 10.8. The second-order valence-electron chi connectivity index (χ2n) is 7.17. The van der Waals surface area contributed by atoms with E-state index >= 15 is 0 Å². The van der Waals surface area contributed by atoms with Crippen molar-refractivity contribution >= 4 is 11.6 Å². The predicted molar refractivity (Wildman–Crippen MR) is 89.9 cm³/mol. The molecule has 3 rings (SSSR count). The molecule has 1 aliphatic rings. The molecule has 0 saturated carbocycles. The third-order valence-corrected chi connectivity index (χ3v) is 4.31. The molecule has 1 N–H and O–H groups in total. The average molecular weight is 313 g/mol. The van der Waals surface area contributed by atoms with Gasteiger partial charge in [0.05, 0.1) is 17.9 Å². The second kappa shape index (κ2) is 5.49. The normalized spacial score (nSPS) is 17.4. The number of aliphatic hydroxyl groups is 1. The minimum atomic E-state index is -0.206. The van der Waals surface area contributed by atoms with Crippen LogP contribution in [-0.2, 0) is 12.5 Å². The van der Waals surface area contributed by atoms with E-state index in [-0.39, 0.29) is 23.8 Å². The van der Waals surface area contributed by atoms with Crippen LogP contribution >= 0.6 is 0 Å². The summed E-state index contributed by atoms with van der Waals surface area (Å²) >= 11 is 0. The van der Waals surface area contributed by atoms with Crippen molar-refractivity contribution in [1.82, 2.24) is 9.78 Å². The molecule has 122 valence electrons. The highest BCUT2D eigenvalue weighted by Crippen LogP contribution is 2.37. The number of hydrogen-bond acceptors (Lipinski definition) is 3. The molecule has 1 unspecified atom stereocenters. The number of carbonyl (C=O) groups is 1. The summed E-state index contributed by atoms with van der Waals surface area (Å²) in [6, 6.07) is 7.79. The van der Waals surface area contributed by atoms with Gasteiger partial charge in [0.2, 0.25) is 0 Å². The van der Waals surface area contributed by atoms with E-state index in [2.05, 4.69) is 25.9 Å². The van der Waals surface area contributed by atoms with Gasteiger partial charge < -0.3 is 10.0 Å². The van der Waals surface area contributed by atoms with Crippen LogP contribution in [0.25, 0.3) is 0 Å². The molecule has 2 heterocycles. The number of aliphatic hydroxyl groups excluding tert-OH is 1. The van der Waals surface area contributed by atoms with Crippen molar-refractivity contribution in [2.24, 2.45) is 7.05 Å². The molecular formula is C18H23N3O2. The summed E-state index contributed by atoms with van der Waals surface area (Å²) in [7, 11) is 1.83. The number of aryl methyl sites for hydroxylation is 1. The molecule has 0 bridgehead atoms. The number of nitrogens with zero attached hydrogens (tertiary/aromatic N) is 3. The molecule has 1 aromatic carbocycles. The lowest BCUT2D eigenvalue weighted by molar-refractivity contribution is 0.0984. The van der Waals surface area contributed by atoms with Crippen LogP contribution in [0.5, 0.6) is 0 Å². The number of amides is 1. The smallest absolute Gasteiger partial charge is 0.261 e. The second-order valence-corrected chi connectivity index (χ2v) is 7.17. The average Bonchev–Trinajstić information content (AvgIpc) is 3.07. The first kappa shape index (κ1) is 15.7. The maximum Gasteiger partial charge on any atom is 0.261 e. The van der Waals surface area contributed by atoms with Gasteiger partial charge in [0.1, 0.15) is 0 Å². The van der Waals surface area contributed by atoms with Crippen molar-refractivity contribution in [2.45, 2.75) is 32.1 Å². The molecule has 0 fully saturated rings. The lowest BCUT2D eigenvalue weighted by Gasteiger charge is -2.21. The number of fused-ring (bicyclic) bond motifs is 1. The zero-order valence-electron chi connectivity index (χ0n) is 14.1. The monoisotopic (exact) mass is 313 g/mol. The summed E-state index contributed by atoms with van der Waals surface area (Å²) < 4.78 is 1.69. The van der Waals surface area contributed by atoms with Crippen LogP contribution in [-0.4, -0.2) is 33.9 Å². The van der Waals surface area contributed by atoms with Crippen molar-refractivity contribution in [3.8, 4) is 0 Å². The highest BCUT2D eigenvalue weighted by molar-refractivity contribution is 6.08. The van der Waals surface area contributed by atoms with Gasteiger partial charge in [-0.25, -0.2) is 0 Å². The Balaban J connectivity index is 2.03. The Hall–Kier alpha value is -2.14. The van der Waals surface area contributed by atoms with Gasteiger partial charge in [-0.2, -0.15) is 5.10 Å². The van der Waals surface area contributed by atoms with Gasteiger partial charge in [0, 0.05) is 36.8 Å². The van der Waals surface area contributed by atoms with Gasteiger partial charge in [0.25, 0.3) is 5.91 Å². The zero-order chi connectivity index (χ0) is 16.8. The number of benzene rings is 1. The minimum Gasteiger partial charge on any atom is -0.396 e. The fraction of sp³-hybridized carbons (Fsp3) is 0.444. The maximum absolute atomic E-state index is 13.1. The molecule has 5 heteroatoms. The predicted octanol–water partition coefficient (Wildman–Crippen LogP) is 2.45. The number of carbonyl (C=O) groups excluding carboxylic acids is 1. The molecule has 1 aliphatic heterocycles. The van der Waals surface area contributed by atoms with E-state index in [0.717, 1.165) is 16.9 Å². The van der Waals surface area contributed by atoms with Crippen molar-refractivity contribution in [3.63, 3.8) is 0 Å². The first-order valence-electron chi connectivity index (χ1n) is 7.88. The van der Waals surface area contributed by atoms with Gasteiger partial charge in [0.15, 0.2) is 0 Å². The van der Waals surface area contributed by atoms with Crippen LogP contribution in [0.4, 0.5) is 5.69 Å². The lowest BCUT2D eigenvalue weighted by Crippen LogP contribution is -2.32. The van der Waals surface area contributed by atoms with Crippen LogP contribution < -0.4 is 4.90 Å². The van der Waals surface area contributed by atoms with E-state index in [1.165, 1.54) is 0 Å². The zero-order valence-corrected chi connectivity index (χ0v) is 14.1. The Morgan fingerprint density at radius 1 is 1.35 bits per heavy atom. The highest BCUT2D eigenvalue weighted by Gasteiger charge is 2.35. The summed E-state index contributed by atoms with van der Waals surface area (Å²) in [5.41, 5.74) is 3.15. The van der Waals surface area contributed by atoms with Crippen LogP contribution in [0.1, 0.15) is 48.3 Å². The molecular weight excluding hydrogens is 290 g/mol. The summed E-state index contributed by atoms with van der Waals surface area (Å²) in [6.07, 6.45) is 1.79. The van der Waals surface area contributed by atoms with Gasteiger partial charge in [-0.15, -0.1) is 0 Å². The number of para-hydroxylation sites is 1. The quantitative estimate of drug-likeness (QED) is 0.926. The van der Waals surface area contributed by atoms with E-state index in [1.54, 1.807) is 15.8 Å². The highest BCUT2D eigenvalue weighted by atomic mass is 16.3. The Morgan fingerprint density at radius 2 is 2.04 bits per heavy atom. The molecule has 1 amide bonds. The van der Waals surface area contributed by atoms with Gasteiger partial charge in [-0.3, -0.25) is 9.48 Å². The van der Waals surface area contributed by atoms with Crippen molar-refractivity contribution in [1.29, 1.82) is 0 Å². The molecule has 1 aromatic heterocycles. The third-order valence-electron chi connectivity index (χ3n) is 4.31. The molecule has 1 atom stereocenters. The number of aromatic nitrogens is 2. The minimum absolute atomic E-state index is 0.0232. The van der Waals surface area contributed by atoms with Crippen molar-refractivity contribution < 1.29 is 9.90 Å². The lowest BCUT2D eigenvalue weighted by atomic mass is 9.89. The molecule has 2 aromatic rings. The van der Waals surface area contributed by atoms with Crippen molar-refractivity contribution in [2.75, 3.05) is 18.1 Å². The molecule has 23 heavy (non-hydrogen) atoms. The molecule has 0 aliphatic carbocycles. The van der Waals surface area contributed by atoms with Gasteiger partial charge >= 0.3 is 0 Å². The van der Waals surface area contributed by atoms with Gasteiger partial charge in [-0.1, -0.05) is 39.0 Å². The Kier molecular flexibility index (Phi) is 3.76. The molecule has 0 spiro atoms. The Labute approximate surface area is 136 Å². The fourth-order valence-electron chi connectivity index (χ4n) is 3.19. The Bertz CT molecular complexity index is 743. The van der Waals surface area contributed by atoms with Crippen LogP contribution in [0.2, 0.25) is 0 Å². The van der Waals surface area contributed by atoms with Crippen LogP contribution in [0, 0.1) is 0 Å². The Morgan fingerprint density at radius 3 is 2.70 bits per heavy atom. The first-order valence-corrected chi connectivity index (χ1v) is 7.88. The number of hydrogen-bond donors (Lipinski definition) is 1. The number of rotatable bonds is 2. The van der Waals surface area contributed by atoms with E-state index in [9.17, 15) is 9.90 Å². The van der Waals surface area contributed by atoms with Gasteiger partial charge in [-0.05, 0) is 11.6 Å². The van der Waals surface area contributed by atoms with E-state index in [1.807, 2.05) is 31.3 Å². The van der Waals surface area contributed by atoms with E-state index in [0.29, 0.717) is 12.1 Å². The molecule has 0 radical (unpaired) electrons. The SMILES string of the molecule is Cn1cc(C(=O)N2CC(CO)c3ccccc32)c(C(C)(C)C)n1. The maximum atomic E-state index is 13.1. The largest absolute Gasteiger partial charge is 0.396 e. The molecule has 0 saturated heterocycles. The molecule has 5 nitrogen and oxygen atoms in total. The summed E-state index contributed by atoms with van der Waals surface area (Å²) in [5, 5.41) is 14.1. The van der Waals surface area contributed by atoms with Crippen LogP contribution in [0.3, 0.4) is 0 Å². The number of anilines is 1. The van der Waals surface area contributed by atoms with Crippen LogP contribution in [0.15, 0.2) is 30.5 Å².